The molecule has 0 unspecified atom stereocenters. The number of phenols is 1. The molecule has 1 saturated heterocycles. The van der Waals surface area contributed by atoms with Crippen molar-refractivity contribution in [2.24, 2.45) is 0 Å². The third kappa shape index (κ3) is 4.89. The standard InChI is InChI=1S/C27H22ClN3O3S/c28-21-7-1-18(2-8-21)24(33)15-35-26-25(19-5-11-23(32)12-6-19)31(27(26)34)22-9-3-17(4-10-22)20-13-29-16-30-14-20/h1-14,16,24-26,32-33H,15H2/t24-,25-,26-/m1/s1. The molecule has 1 aliphatic rings. The first-order chi connectivity index (χ1) is 17.0. The summed E-state index contributed by atoms with van der Waals surface area (Å²) in [5.74, 6) is 0.517. The number of hydrogen-bond donors (Lipinski definition) is 2. The van der Waals surface area contributed by atoms with E-state index in [2.05, 4.69) is 9.97 Å². The monoisotopic (exact) mass is 503 g/mol. The number of phenolic OH excluding ortho intramolecular Hbond substituents is 1. The number of carbonyl (C=O) groups is 1. The molecule has 0 bridgehead atoms. The Kier molecular flexibility index (Phi) is 6.72. The first-order valence-electron chi connectivity index (χ1n) is 11.0. The Morgan fingerprint density at radius 3 is 2.23 bits per heavy atom. The molecular weight excluding hydrogens is 482 g/mol. The minimum atomic E-state index is -0.716. The number of aromatic nitrogens is 2. The highest BCUT2D eigenvalue weighted by molar-refractivity contribution is 8.00. The molecule has 0 spiro atoms. The highest BCUT2D eigenvalue weighted by atomic mass is 35.5. The molecular formula is C27H22ClN3O3S. The first-order valence-corrected chi connectivity index (χ1v) is 12.5. The Balaban J connectivity index is 1.37. The lowest BCUT2D eigenvalue weighted by atomic mass is 9.92. The van der Waals surface area contributed by atoms with Crippen LogP contribution < -0.4 is 4.90 Å². The van der Waals surface area contributed by atoms with Gasteiger partial charge in [0.2, 0.25) is 5.91 Å². The van der Waals surface area contributed by atoms with E-state index in [4.69, 9.17) is 11.6 Å². The lowest BCUT2D eigenvalue weighted by Gasteiger charge is -2.47. The molecule has 0 saturated carbocycles. The van der Waals surface area contributed by atoms with Crippen LogP contribution in [0.4, 0.5) is 5.69 Å². The van der Waals surface area contributed by atoms with Crippen LogP contribution in [0.5, 0.6) is 5.75 Å². The second-order valence-corrected chi connectivity index (χ2v) is 9.85. The Bertz CT molecular complexity index is 1300. The zero-order chi connectivity index (χ0) is 24.4. The van der Waals surface area contributed by atoms with E-state index in [1.165, 1.54) is 18.1 Å². The van der Waals surface area contributed by atoms with E-state index in [9.17, 15) is 15.0 Å². The van der Waals surface area contributed by atoms with Crippen LogP contribution in [0.3, 0.4) is 0 Å². The van der Waals surface area contributed by atoms with Crippen molar-refractivity contribution in [3.63, 3.8) is 0 Å². The van der Waals surface area contributed by atoms with E-state index in [1.807, 2.05) is 36.4 Å². The van der Waals surface area contributed by atoms with Gasteiger partial charge in [0.05, 0.1) is 12.1 Å². The van der Waals surface area contributed by atoms with Gasteiger partial charge in [-0.3, -0.25) is 4.79 Å². The average molecular weight is 504 g/mol. The lowest BCUT2D eigenvalue weighted by Crippen LogP contribution is -2.57. The van der Waals surface area contributed by atoms with Crippen LogP contribution in [0.1, 0.15) is 23.3 Å². The van der Waals surface area contributed by atoms with E-state index in [-0.39, 0.29) is 22.9 Å². The van der Waals surface area contributed by atoms with Gasteiger partial charge in [0, 0.05) is 34.4 Å². The third-order valence-corrected chi connectivity index (χ3v) is 7.59. The van der Waals surface area contributed by atoms with Crippen LogP contribution in [-0.2, 0) is 4.79 Å². The molecule has 1 aromatic heterocycles. The Morgan fingerprint density at radius 1 is 0.914 bits per heavy atom. The third-order valence-electron chi connectivity index (χ3n) is 6.01. The number of amides is 1. The van der Waals surface area contributed by atoms with Crippen LogP contribution >= 0.6 is 23.4 Å². The molecule has 35 heavy (non-hydrogen) atoms. The summed E-state index contributed by atoms with van der Waals surface area (Å²) in [6, 6.07) is 21.5. The molecule has 1 amide bonds. The summed E-state index contributed by atoms with van der Waals surface area (Å²) in [5, 5.41) is 20.7. The number of hydrogen-bond acceptors (Lipinski definition) is 6. The van der Waals surface area contributed by atoms with Crippen LogP contribution in [0.15, 0.2) is 91.5 Å². The van der Waals surface area contributed by atoms with Crippen molar-refractivity contribution in [3.8, 4) is 16.9 Å². The molecule has 8 heteroatoms. The van der Waals surface area contributed by atoms with E-state index in [0.29, 0.717) is 10.8 Å². The molecule has 5 rings (SSSR count). The predicted octanol–water partition coefficient (Wildman–Crippen LogP) is 5.43. The minimum Gasteiger partial charge on any atom is -0.508 e. The maximum Gasteiger partial charge on any atom is 0.243 e. The molecule has 0 aliphatic carbocycles. The van der Waals surface area contributed by atoms with Gasteiger partial charge in [-0.15, -0.1) is 11.8 Å². The van der Waals surface area contributed by atoms with Crippen LogP contribution in [0.2, 0.25) is 5.02 Å². The molecule has 0 radical (unpaired) electrons. The van der Waals surface area contributed by atoms with Crippen molar-refractivity contribution in [1.29, 1.82) is 0 Å². The number of nitrogens with zero attached hydrogens (tertiary/aromatic N) is 3. The van der Waals surface area contributed by atoms with Gasteiger partial charge in [0.1, 0.15) is 17.3 Å². The summed E-state index contributed by atoms with van der Waals surface area (Å²) in [4.78, 5) is 23.2. The predicted molar refractivity (Wildman–Crippen MR) is 138 cm³/mol. The number of β-lactam (4-membered cyclic amide) rings is 1. The number of rotatable bonds is 7. The molecule has 1 fully saturated rings. The number of thioether (sulfide) groups is 1. The van der Waals surface area contributed by atoms with Crippen molar-refractivity contribution in [2.45, 2.75) is 17.4 Å². The van der Waals surface area contributed by atoms with Crippen molar-refractivity contribution in [3.05, 3.63) is 108 Å². The van der Waals surface area contributed by atoms with Gasteiger partial charge < -0.3 is 15.1 Å². The summed E-state index contributed by atoms with van der Waals surface area (Å²) in [6.45, 7) is 0. The number of aliphatic hydroxyl groups excluding tert-OH is 1. The highest BCUT2D eigenvalue weighted by Crippen LogP contribution is 2.46. The molecule has 2 heterocycles. The van der Waals surface area contributed by atoms with Gasteiger partial charge in [0.25, 0.3) is 0 Å². The number of carbonyl (C=O) groups excluding carboxylic acids is 1. The number of aliphatic hydroxyl groups is 1. The summed E-state index contributed by atoms with van der Waals surface area (Å²) in [7, 11) is 0. The van der Waals surface area contributed by atoms with Crippen molar-refractivity contribution >= 4 is 35.0 Å². The van der Waals surface area contributed by atoms with E-state index >= 15 is 0 Å². The quantitative estimate of drug-likeness (QED) is 0.327. The van der Waals surface area contributed by atoms with Gasteiger partial charge in [-0.05, 0) is 53.1 Å². The smallest absolute Gasteiger partial charge is 0.243 e. The second-order valence-electron chi connectivity index (χ2n) is 8.24. The zero-order valence-electron chi connectivity index (χ0n) is 18.5. The fraction of sp³-hybridized carbons (Fsp3) is 0.148. The molecule has 6 nitrogen and oxygen atoms in total. The number of halogens is 1. The summed E-state index contributed by atoms with van der Waals surface area (Å²) >= 11 is 7.38. The average Bonchev–Trinajstić information content (AvgIpc) is 2.89. The molecule has 4 aromatic rings. The highest BCUT2D eigenvalue weighted by Gasteiger charge is 2.49. The topological polar surface area (TPSA) is 86.5 Å². The van der Waals surface area contributed by atoms with E-state index < -0.39 is 6.10 Å². The van der Waals surface area contributed by atoms with Crippen molar-refractivity contribution in [2.75, 3.05) is 10.7 Å². The summed E-state index contributed by atoms with van der Waals surface area (Å²) in [6.07, 6.45) is 4.26. The van der Waals surface area contributed by atoms with E-state index in [1.54, 1.807) is 53.7 Å². The Hall–Kier alpha value is -3.39. The van der Waals surface area contributed by atoms with Gasteiger partial charge in [-0.2, -0.15) is 0 Å². The molecule has 3 aromatic carbocycles. The normalized spacial score (nSPS) is 18.2. The Labute approximate surface area is 212 Å². The molecule has 2 N–H and O–H groups in total. The van der Waals surface area contributed by atoms with Crippen molar-refractivity contribution < 1.29 is 15.0 Å². The van der Waals surface area contributed by atoms with Gasteiger partial charge >= 0.3 is 0 Å². The van der Waals surface area contributed by atoms with Crippen LogP contribution in [0.25, 0.3) is 11.1 Å². The molecule has 3 atom stereocenters. The largest absolute Gasteiger partial charge is 0.508 e. The Morgan fingerprint density at radius 2 is 1.57 bits per heavy atom. The fourth-order valence-corrected chi connectivity index (χ4v) is 5.57. The van der Waals surface area contributed by atoms with Crippen LogP contribution in [0, 0.1) is 0 Å². The molecule has 1 aliphatic heterocycles. The number of aromatic hydroxyl groups is 1. The number of benzene rings is 3. The number of anilines is 1. The fourth-order valence-electron chi connectivity index (χ4n) is 4.15. The second kappa shape index (κ2) is 10.1. The van der Waals surface area contributed by atoms with Gasteiger partial charge in [-0.25, -0.2) is 9.97 Å². The maximum atomic E-state index is 13.3. The SMILES string of the molecule is O=C1[C@H](SC[C@@H](O)c2ccc(Cl)cc2)[C@@H](c2ccc(O)cc2)N1c1ccc(-c2cncnc2)cc1. The lowest BCUT2D eigenvalue weighted by molar-refractivity contribution is -0.123. The van der Waals surface area contributed by atoms with Crippen LogP contribution in [-0.4, -0.2) is 37.1 Å². The summed E-state index contributed by atoms with van der Waals surface area (Å²) in [5.41, 5.74) is 4.31. The molecule has 176 valence electrons. The summed E-state index contributed by atoms with van der Waals surface area (Å²) < 4.78 is 0. The first kappa shape index (κ1) is 23.4. The zero-order valence-corrected chi connectivity index (χ0v) is 20.1. The minimum absolute atomic E-state index is 0.0211. The van der Waals surface area contributed by atoms with E-state index in [0.717, 1.165) is 27.9 Å². The maximum absolute atomic E-state index is 13.3. The van der Waals surface area contributed by atoms with Gasteiger partial charge in [0.15, 0.2) is 0 Å². The van der Waals surface area contributed by atoms with Crippen molar-refractivity contribution in [1.82, 2.24) is 9.97 Å². The van der Waals surface area contributed by atoms with Gasteiger partial charge in [-0.1, -0.05) is 48.0 Å².